The molecule has 1 heterocycles. The molecule has 0 unspecified atom stereocenters. The summed E-state index contributed by atoms with van der Waals surface area (Å²) in [6, 6.07) is 4.85. The van der Waals surface area contributed by atoms with Crippen molar-refractivity contribution in [3.8, 4) is 17.1 Å². The highest BCUT2D eigenvalue weighted by atomic mass is 32.2. The molecule has 10 heteroatoms. The maximum atomic E-state index is 12.8. The fourth-order valence-electron chi connectivity index (χ4n) is 2.62. The molecular weight excluding hydrogens is 394 g/mol. The van der Waals surface area contributed by atoms with Crippen molar-refractivity contribution < 1.29 is 17.9 Å². The van der Waals surface area contributed by atoms with Gasteiger partial charge < -0.3 is 15.0 Å². The number of hydrogen-bond acceptors (Lipinski definition) is 6. The number of carbonyl (C=O) groups is 1. The zero-order valence-electron chi connectivity index (χ0n) is 16.5. The Morgan fingerprint density at radius 1 is 1.28 bits per heavy atom. The number of hydrogen-bond donors (Lipinski definition) is 1. The molecule has 3 rings (SSSR count). The van der Waals surface area contributed by atoms with Crippen molar-refractivity contribution >= 4 is 28.0 Å². The standard InChI is InChI=1S/C19H23N5O4S/c1-13(25)23-15-7-8-17(18(9-15)29(26,27)22-12-24(2)3)14-10-20-19(21-11-14)28-16-5-4-6-16/h7-12,16H,4-6H2,1-3H3,(H,23,25)/b22-12+. The Labute approximate surface area is 169 Å². The maximum Gasteiger partial charge on any atom is 0.316 e. The zero-order valence-corrected chi connectivity index (χ0v) is 17.3. The minimum Gasteiger partial charge on any atom is -0.460 e. The van der Waals surface area contributed by atoms with Crippen molar-refractivity contribution in [1.29, 1.82) is 0 Å². The fraction of sp³-hybridized carbons (Fsp3) is 0.368. The third-order valence-corrected chi connectivity index (χ3v) is 5.53. The number of rotatable bonds is 7. The van der Waals surface area contributed by atoms with Crippen LogP contribution in [-0.4, -0.2) is 55.7 Å². The fourth-order valence-corrected chi connectivity index (χ4v) is 3.79. The van der Waals surface area contributed by atoms with Crippen LogP contribution < -0.4 is 10.1 Å². The molecule has 1 aliphatic carbocycles. The molecule has 1 aromatic carbocycles. The van der Waals surface area contributed by atoms with Crippen LogP contribution in [0, 0.1) is 0 Å². The molecule has 0 spiro atoms. The van der Waals surface area contributed by atoms with Gasteiger partial charge in [-0.1, -0.05) is 6.07 Å². The van der Waals surface area contributed by atoms with Gasteiger partial charge in [0.25, 0.3) is 10.0 Å². The number of anilines is 1. The maximum absolute atomic E-state index is 12.8. The molecule has 9 nitrogen and oxygen atoms in total. The van der Waals surface area contributed by atoms with E-state index in [9.17, 15) is 13.2 Å². The Balaban J connectivity index is 1.99. The van der Waals surface area contributed by atoms with E-state index in [1.807, 2.05) is 0 Å². The van der Waals surface area contributed by atoms with Crippen molar-refractivity contribution in [2.24, 2.45) is 4.40 Å². The molecule has 29 heavy (non-hydrogen) atoms. The van der Waals surface area contributed by atoms with Gasteiger partial charge in [-0.15, -0.1) is 4.40 Å². The lowest BCUT2D eigenvalue weighted by Gasteiger charge is -2.24. The number of carbonyl (C=O) groups excluding carboxylic acids is 1. The number of benzene rings is 1. The third-order valence-electron chi connectivity index (χ3n) is 4.26. The summed E-state index contributed by atoms with van der Waals surface area (Å²) in [6.45, 7) is 1.35. The molecule has 1 saturated carbocycles. The first-order valence-electron chi connectivity index (χ1n) is 9.12. The van der Waals surface area contributed by atoms with Crippen molar-refractivity contribution in [2.45, 2.75) is 37.2 Å². The second-order valence-electron chi connectivity index (χ2n) is 6.98. The van der Waals surface area contributed by atoms with Crippen LogP contribution in [0.25, 0.3) is 11.1 Å². The van der Waals surface area contributed by atoms with Crippen LogP contribution in [0.4, 0.5) is 5.69 Å². The van der Waals surface area contributed by atoms with Gasteiger partial charge in [0.1, 0.15) is 12.4 Å². The number of ether oxygens (including phenoxy) is 1. The van der Waals surface area contributed by atoms with E-state index in [0.717, 1.165) is 19.3 Å². The van der Waals surface area contributed by atoms with Crippen LogP contribution in [0.2, 0.25) is 0 Å². The molecule has 0 aliphatic heterocycles. The largest absolute Gasteiger partial charge is 0.460 e. The predicted molar refractivity (Wildman–Crippen MR) is 109 cm³/mol. The smallest absolute Gasteiger partial charge is 0.316 e. The minimum absolute atomic E-state index is 0.0573. The van der Waals surface area contributed by atoms with Gasteiger partial charge in [-0.05, 0) is 31.4 Å². The van der Waals surface area contributed by atoms with Crippen LogP contribution in [0.3, 0.4) is 0 Å². The number of amides is 1. The molecule has 2 aromatic rings. The average molecular weight is 417 g/mol. The molecule has 0 radical (unpaired) electrons. The summed E-state index contributed by atoms with van der Waals surface area (Å²) >= 11 is 0. The van der Waals surface area contributed by atoms with Gasteiger partial charge in [0, 0.05) is 50.2 Å². The topological polar surface area (TPSA) is 114 Å². The van der Waals surface area contributed by atoms with Gasteiger partial charge in [0.15, 0.2) is 0 Å². The molecule has 0 bridgehead atoms. The van der Waals surface area contributed by atoms with E-state index in [4.69, 9.17) is 4.74 Å². The van der Waals surface area contributed by atoms with Crippen molar-refractivity contribution in [2.75, 3.05) is 19.4 Å². The van der Waals surface area contributed by atoms with Gasteiger partial charge in [-0.2, -0.15) is 8.42 Å². The predicted octanol–water partition coefficient (Wildman–Crippen LogP) is 2.31. The molecule has 1 aliphatic rings. The summed E-state index contributed by atoms with van der Waals surface area (Å²) in [5.74, 6) is -0.307. The van der Waals surface area contributed by atoms with Crippen LogP contribution in [0.5, 0.6) is 6.01 Å². The summed E-state index contributed by atoms with van der Waals surface area (Å²) in [7, 11) is -0.689. The van der Waals surface area contributed by atoms with E-state index >= 15 is 0 Å². The van der Waals surface area contributed by atoms with Crippen LogP contribution >= 0.6 is 0 Å². The van der Waals surface area contributed by atoms with Gasteiger partial charge in [-0.3, -0.25) is 4.79 Å². The first-order chi connectivity index (χ1) is 13.7. The van der Waals surface area contributed by atoms with Crippen LogP contribution in [-0.2, 0) is 14.8 Å². The van der Waals surface area contributed by atoms with E-state index in [2.05, 4.69) is 19.7 Å². The number of aromatic nitrogens is 2. The van der Waals surface area contributed by atoms with Gasteiger partial charge in [-0.25, -0.2) is 9.97 Å². The van der Waals surface area contributed by atoms with E-state index in [1.165, 1.54) is 36.6 Å². The molecule has 1 fully saturated rings. The molecule has 1 N–H and O–H groups in total. The Morgan fingerprint density at radius 2 is 1.97 bits per heavy atom. The minimum atomic E-state index is -4.03. The Morgan fingerprint density at radius 3 is 2.52 bits per heavy atom. The number of nitrogens with one attached hydrogen (secondary N) is 1. The van der Waals surface area contributed by atoms with E-state index in [1.54, 1.807) is 26.2 Å². The molecule has 1 amide bonds. The average Bonchev–Trinajstić information content (AvgIpc) is 2.63. The summed E-state index contributed by atoms with van der Waals surface area (Å²) in [6.07, 6.45) is 7.50. The highest BCUT2D eigenvalue weighted by Crippen LogP contribution is 2.31. The second-order valence-corrected chi connectivity index (χ2v) is 8.58. The van der Waals surface area contributed by atoms with Gasteiger partial charge in [0.05, 0.1) is 4.90 Å². The zero-order chi connectivity index (χ0) is 21.0. The number of nitrogens with zero attached hydrogens (tertiary/aromatic N) is 4. The SMILES string of the molecule is CC(=O)Nc1ccc(-c2cnc(OC3CCC3)nc2)c(S(=O)(=O)/N=C/N(C)C)c1. The van der Waals surface area contributed by atoms with E-state index in [0.29, 0.717) is 16.8 Å². The molecule has 154 valence electrons. The summed E-state index contributed by atoms with van der Waals surface area (Å²) in [4.78, 5) is 21.2. The Hall–Kier alpha value is -3.01. The quantitative estimate of drug-likeness (QED) is 0.543. The molecular formula is C19H23N5O4S. The van der Waals surface area contributed by atoms with Gasteiger partial charge >= 0.3 is 6.01 Å². The summed E-state index contributed by atoms with van der Waals surface area (Å²) in [5.41, 5.74) is 1.23. The summed E-state index contributed by atoms with van der Waals surface area (Å²) in [5, 5.41) is 2.59. The normalized spacial score (nSPS) is 14.4. The van der Waals surface area contributed by atoms with Crippen molar-refractivity contribution in [3.05, 3.63) is 30.6 Å². The van der Waals surface area contributed by atoms with Gasteiger partial charge in [0.2, 0.25) is 5.91 Å². The first kappa shape index (κ1) is 20.7. The lowest BCUT2D eigenvalue weighted by Crippen LogP contribution is -2.25. The number of sulfonamides is 1. The van der Waals surface area contributed by atoms with E-state index < -0.39 is 10.0 Å². The second kappa shape index (κ2) is 8.56. The van der Waals surface area contributed by atoms with Crippen LogP contribution in [0.1, 0.15) is 26.2 Å². The Bertz CT molecular complexity index is 1020. The lowest BCUT2D eigenvalue weighted by atomic mass is 9.96. The Kier molecular flexibility index (Phi) is 6.12. The summed E-state index contributed by atoms with van der Waals surface area (Å²) < 4.78 is 35.0. The lowest BCUT2D eigenvalue weighted by molar-refractivity contribution is -0.114. The molecule has 0 saturated heterocycles. The first-order valence-corrected chi connectivity index (χ1v) is 10.6. The highest BCUT2D eigenvalue weighted by molar-refractivity contribution is 7.90. The molecule has 0 atom stereocenters. The molecule has 1 aromatic heterocycles. The highest BCUT2D eigenvalue weighted by Gasteiger charge is 2.22. The third kappa shape index (κ3) is 5.29. The van der Waals surface area contributed by atoms with Crippen molar-refractivity contribution in [3.63, 3.8) is 0 Å². The van der Waals surface area contributed by atoms with Crippen LogP contribution in [0.15, 0.2) is 39.9 Å². The van der Waals surface area contributed by atoms with E-state index in [-0.39, 0.29) is 22.9 Å². The monoisotopic (exact) mass is 417 g/mol. The van der Waals surface area contributed by atoms with Crippen molar-refractivity contribution in [1.82, 2.24) is 14.9 Å².